The predicted octanol–water partition coefficient (Wildman–Crippen LogP) is 1.22. The molecule has 1 unspecified atom stereocenters. The van der Waals surface area contributed by atoms with Crippen molar-refractivity contribution in [3.63, 3.8) is 0 Å². The van der Waals surface area contributed by atoms with Gasteiger partial charge in [-0.3, -0.25) is 9.69 Å². The molecule has 1 aromatic heterocycles. The molecule has 5 heteroatoms. The van der Waals surface area contributed by atoms with Crippen molar-refractivity contribution >= 4 is 11.6 Å². The summed E-state index contributed by atoms with van der Waals surface area (Å²) >= 11 is 0. The maximum absolute atomic E-state index is 12.3. The van der Waals surface area contributed by atoms with Crippen molar-refractivity contribution in [1.82, 2.24) is 14.8 Å². The first-order chi connectivity index (χ1) is 9.13. The molecular weight excluding hydrogens is 240 g/mol. The average Bonchev–Trinajstić information content (AvgIpc) is 2.85. The van der Waals surface area contributed by atoms with Crippen molar-refractivity contribution in [3.8, 4) is 0 Å². The maximum atomic E-state index is 12.3. The molecule has 1 aromatic rings. The third kappa shape index (κ3) is 3.04. The number of carbonyl (C=O) groups is 1. The highest BCUT2D eigenvalue weighted by Gasteiger charge is 2.26. The summed E-state index contributed by atoms with van der Waals surface area (Å²) in [4.78, 5) is 20.6. The minimum absolute atomic E-state index is 0.0962. The molecule has 5 nitrogen and oxygen atoms in total. The van der Waals surface area contributed by atoms with Gasteiger partial charge in [-0.15, -0.1) is 0 Å². The Labute approximate surface area is 114 Å². The van der Waals surface area contributed by atoms with Crippen molar-refractivity contribution in [2.45, 2.75) is 25.8 Å². The van der Waals surface area contributed by atoms with Gasteiger partial charge in [0.1, 0.15) is 0 Å². The highest BCUT2D eigenvalue weighted by atomic mass is 16.2. The highest BCUT2D eigenvalue weighted by molar-refractivity contribution is 5.96. The molecule has 1 aliphatic rings. The molecule has 1 aliphatic heterocycles. The lowest BCUT2D eigenvalue weighted by Gasteiger charge is -2.27. The first kappa shape index (κ1) is 13.8. The number of aromatic nitrogens is 1. The monoisotopic (exact) mass is 262 g/mol. The number of hydrogen-bond acceptors (Lipinski definition) is 4. The van der Waals surface area contributed by atoms with E-state index in [1.54, 1.807) is 23.2 Å². The number of likely N-dealkylation sites (tertiary alicyclic amines) is 1. The van der Waals surface area contributed by atoms with Gasteiger partial charge in [0.05, 0.1) is 5.69 Å². The molecule has 1 amide bonds. The smallest absolute Gasteiger partial charge is 0.274 e. The van der Waals surface area contributed by atoms with Gasteiger partial charge in [-0.05, 0) is 38.1 Å². The van der Waals surface area contributed by atoms with Gasteiger partial charge in [0, 0.05) is 25.8 Å². The van der Waals surface area contributed by atoms with Crippen LogP contribution in [-0.4, -0.2) is 53.4 Å². The first-order valence-corrected chi connectivity index (χ1v) is 6.83. The Morgan fingerprint density at radius 1 is 1.63 bits per heavy atom. The number of rotatable bonds is 4. The van der Waals surface area contributed by atoms with Gasteiger partial charge in [-0.2, -0.15) is 0 Å². The van der Waals surface area contributed by atoms with Crippen LogP contribution >= 0.6 is 0 Å². The Morgan fingerprint density at radius 2 is 2.42 bits per heavy atom. The van der Waals surface area contributed by atoms with Gasteiger partial charge in [0.2, 0.25) is 0 Å². The fourth-order valence-corrected chi connectivity index (χ4v) is 2.69. The SMILES string of the molecule is CCN1CCCC1CN(C)C(=O)c1ncccc1N. The number of nitrogens with two attached hydrogens (primary N) is 1. The predicted molar refractivity (Wildman–Crippen MR) is 75.9 cm³/mol. The van der Waals surface area contributed by atoms with E-state index in [4.69, 9.17) is 5.73 Å². The summed E-state index contributed by atoms with van der Waals surface area (Å²) in [7, 11) is 1.82. The number of hydrogen-bond donors (Lipinski definition) is 1. The second kappa shape index (κ2) is 6.02. The van der Waals surface area contributed by atoms with Crippen LogP contribution in [0.15, 0.2) is 18.3 Å². The molecule has 0 aliphatic carbocycles. The molecule has 0 bridgehead atoms. The zero-order chi connectivity index (χ0) is 13.8. The van der Waals surface area contributed by atoms with Crippen LogP contribution < -0.4 is 5.73 Å². The van der Waals surface area contributed by atoms with E-state index in [-0.39, 0.29) is 5.91 Å². The molecular formula is C14H22N4O. The van der Waals surface area contributed by atoms with Crippen LogP contribution in [0.1, 0.15) is 30.3 Å². The third-order valence-corrected chi connectivity index (χ3v) is 3.78. The van der Waals surface area contributed by atoms with Crippen molar-refractivity contribution in [2.24, 2.45) is 0 Å². The Kier molecular flexibility index (Phi) is 4.37. The molecule has 1 saturated heterocycles. The summed E-state index contributed by atoms with van der Waals surface area (Å²) in [6, 6.07) is 3.91. The molecule has 0 spiro atoms. The normalized spacial score (nSPS) is 19.6. The van der Waals surface area contributed by atoms with Crippen LogP contribution in [0.3, 0.4) is 0 Å². The summed E-state index contributed by atoms with van der Waals surface area (Å²) in [5, 5.41) is 0. The summed E-state index contributed by atoms with van der Waals surface area (Å²) in [6.07, 6.45) is 3.97. The van der Waals surface area contributed by atoms with Crippen LogP contribution in [0, 0.1) is 0 Å². The van der Waals surface area contributed by atoms with E-state index in [0.717, 1.165) is 26.1 Å². The van der Waals surface area contributed by atoms with Gasteiger partial charge in [0.15, 0.2) is 5.69 Å². The number of carbonyl (C=O) groups excluding carboxylic acids is 1. The highest BCUT2D eigenvalue weighted by Crippen LogP contribution is 2.18. The van der Waals surface area contributed by atoms with E-state index >= 15 is 0 Å². The largest absolute Gasteiger partial charge is 0.397 e. The van der Waals surface area contributed by atoms with Crippen molar-refractivity contribution in [2.75, 3.05) is 32.4 Å². The van der Waals surface area contributed by atoms with E-state index in [1.807, 2.05) is 7.05 Å². The van der Waals surface area contributed by atoms with Crippen molar-refractivity contribution in [1.29, 1.82) is 0 Å². The standard InChI is InChI=1S/C14H22N4O/c1-3-18-9-5-6-11(18)10-17(2)14(19)13-12(15)7-4-8-16-13/h4,7-8,11H,3,5-6,9-10,15H2,1-2H3. The minimum Gasteiger partial charge on any atom is -0.397 e. The summed E-state index contributed by atoms with van der Waals surface area (Å²) in [5.74, 6) is -0.0962. The number of nitrogens with zero attached hydrogens (tertiary/aromatic N) is 3. The Morgan fingerprint density at radius 3 is 3.11 bits per heavy atom. The van der Waals surface area contributed by atoms with Gasteiger partial charge in [0.25, 0.3) is 5.91 Å². The maximum Gasteiger partial charge on any atom is 0.274 e. The number of anilines is 1. The van der Waals surface area contributed by atoms with E-state index in [2.05, 4.69) is 16.8 Å². The van der Waals surface area contributed by atoms with Crippen LogP contribution in [0.4, 0.5) is 5.69 Å². The minimum atomic E-state index is -0.0962. The van der Waals surface area contributed by atoms with Gasteiger partial charge in [-0.1, -0.05) is 6.92 Å². The fourth-order valence-electron chi connectivity index (χ4n) is 2.69. The summed E-state index contributed by atoms with van der Waals surface area (Å²) in [5.41, 5.74) is 6.60. The van der Waals surface area contributed by atoms with Crippen molar-refractivity contribution < 1.29 is 4.79 Å². The lowest BCUT2D eigenvalue weighted by atomic mass is 10.2. The third-order valence-electron chi connectivity index (χ3n) is 3.78. The van der Waals surface area contributed by atoms with Crippen LogP contribution in [0.25, 0.3) is 0 Å². The second-order valence-electron chi connectivity index (χ2n) is 5.05. The first-order valence-electron chi connectivity index (χ1n) is 6.83. The number of nitrogen functional groups attached to an aromatic ring is 1. The lowest BCUT2D eigenvalue weighted by molar-refractivity contribution is 0.0750. The number of amides is 1. The number of pyridine rings is 1. The average molecular weight is 262 g/mol. The molecule has 2 N–H and O–H groups in total. The van der Waals surface area contributed by atoms with Crippen LogP contribution in [0.5, 0.6) is 0 Å². The molecule has 104 valence electrons. The molecule has 0 saturated carbocycles. The van der Waals surface area contributed by atoms with Gasteiger partial charge >= 0.3 is 0 Å². The lowest BCUT2D eigenvalue weighted by Crippen LogP contribution is -2.41. The van der Waals surface area contributed by atoms with Gasteiger partial charge in [-0.25, -0.2) is 4.98 Å². The van der Waals surface area contributed by atoms with E-state index in [1.165, 1.54) is 6.42 Å². The zero-order valence-corrected chi connectivity index (χ0v) is 11.7. The molecule has 19 heavy (non-hydrogen) atoms. The van der Waals surface area contributed by atoms with E-state index in [0.29, 0.717) is 17.4 Å². The van der Waals surface area contributed by atoms with E-state index < -0.39 is 0 Å². The topological polar surface area (TPSA) is 62.5 Å². The van der Waals surface area contributed by atoms with Crippen LogP contribution in [0.2, 0.25) is 0 Å². The van der Waals surface area contributed by atoms with Crippen LogP contribution in [-0.2, 0) is 0 Å². The summed E-state index contributed by atoms with van der Waals surface area (Å²) < 4.78 is 0. The Bertz CT molecular complexity index is 449. The Hall–Kier alpha value is -1.62. The van der Waals surface area contributed by atoms with E-state index in [9.17, 15) is 4.79 Å². The van der Waals surface area contributed by atoms with Crippen molar-refractivity contribution in [3.05, 3.63) is 24.0 Å². The quantitative estimate of drug-likeness (QED) is 0.886. The fraction of sp³-hybridized carbons (Fsp3) is 0.571. The molecule has 0 aromatic carbocycles. The summed E-state index contributed by atoms with van der Waals surface area (Å²) in [6.45, 7) is 5.08. The zero-order valence-electron chi connectivity index (χ0n) is 11.7. The number of likely N-dealkylation sites (N-methyl/N-ethyl adjacent to an activating group) is 2. The molecule has 1 atom stereocenters. The molecule has 2 heterocycles. The second-order valence-corrected chi connectivity index (χ2v) is 5.05. The molecule has 0 radical (unpaired) electrons. The molecule has 1 fully saturated rings. The molecule has 2 rings (SSSR count). The van der Waals surface area contributed by atoms with Gasteiger partial charge < -0.3 is 10.6 Å². The Balaban J connectivity index is 2.02.